The third-order valence-corrected chi connectivity index (χ3v) is 3.56. The summed E-state index contributed by atoms with van der Waals surface area (Å²) in [5.74, 6) is -0.878. The van der Waals surface area contributed by atoms with Crippen LogP contribution in [0.2, 0.25) is 0 Å². The van der Waals surface area contributed by atoms with Crippen LogP contribution in [-0.2, 0) is 14.3 Å². The molecule has 0 saturated carbocycles. The molecule has 0 bridgehead atoms. The van der Waals surface area contributed by atoms with Crippen LogP contribution < -0.4 is 5.32 Å². The van der Waals surface area contributed by atoms with Gasteiger partial charge in [0.2, 0.25) is 0 Å². The Bertz CT molecular complexity index is 588. The van der Waals surface area contributed by atoms with E-state index < -0.39 is 18.2 Å². The molecule has 0 aromatic heterocycles. The normalized spacial score (nSPS) is 20.7. The summed E-state index contributed by atoms with van der Waals surface area (Å²) in [5.41, 5.74) is 1.19. The van der Waals surface area contributed by atoms with Gasteiger partial charge < -0.3 is 14.8 Å². The van der Waals surface area contributed by atoms with Crippen molar-refractivity contribution in [3.63, 3.8) is 0 Å². The van der Waals surface area contributed by atoms with Crippen molar-refractivity contribution in [1.29, 1.82) is 0 Å². The van der Waals surface area contributed by atoms with E-state index in [9.17, 15) is 9.59 Å². The minimum atomic E-state index is -0.614. The van der Waals surface area contributed by atoms with E-state index in [1.807, 2.05) is 25.1 Å². The second kappa shape index (κ2) is 7.73. The van der Waals surface area contributed by atoms with Crippen LogP contribution >= 0.6 is 0 Å². The monoisotopic (exact) mass is 319 g/mol. The molecule has 1 aromatic rings. The van der Waals surface area contributed by atoms with Crippen LogP contribution in [0.3, 0.4) is 0 Å². The molecule has 0 saturated heterocycles. The van der Waals surface area contributed by atoms with Crippen LogP contribution in [0.4, 0.5) is 10.5 Å². The number of esters is 1. The highest BCUT2D eigenvalue weighted by atomic mass is 16.5. The highest BCUT2D eigenvalue weighted by Gasteiger charge is 2.37. The first kappa shape index (κ1) is 17.0. The minimum Gasteiger partial charge on any atom is -0.469 e. The Morgan fingerprint density at radius 2 is 2.04 bits per heavy atom. The van der Waals surface area contributed by atoms with Gasteiger partial charge in [0.25, 0.3) is 0 Å². The number of benzene rings is 1. The van der Waals surface area contributed by atoms with Crippen LogP contribution in [0, 0.1) is 5.92 Å². The molecule has 7 heteroatoms. The van der Waals surface area contributed by atoms with Crippen LogP contribution in [0.1, 0.15) is 20.3 Å². The second-order valence-electron chi connectivity index (χ2n) is 5.10. The fourth-order valence-corrected chi connectivity index (χ4v) is 2.39. The molecular formula is C16H21N3O4. The summed E-state index contributed by atoms with van der Waals surface area (Å²) in [6, 6.07) is 8.68. The summed E-state index contributed by atoms with van der Waals surface area (Å²) in [4.78, 5) is 24.3. The summed E-state index contributed by atoms with van der Waals surface area (Å²) >= 11 is 0. The highest BCUT2D eigenvalue weighted by Crippen LogP contribution is 2.24. The van der Waals surface area contributed by atoms with Crippen LogP contribution in [0.15, 0.2) is 35.4 Å². The van der Waals surface area contributed by atoms with Gasteiger partial charge in [-0.05, 0) is 26.0 Å². The first-order valence-electron chi connectivity index (χ1n) is 7.46. The number of urea groups is 1. The molecule has 1 N–H and O–H groups in total. The lowest BCUT2D eigenvalue weighted by atomic mass is 9.98. The van der Waals surface area contributed by atoms with Crippen LogP contribution in [-0.4, -0.2) is 42.7 Å². The summed E-state index contributed by atoms with van der Waals surface area (Å²) in [5, 5.41) is 8.24. The molecule has 7 nitrogen and oxygen atoms in total. The number of hydrogen-bond donors (Lipinski definition) is 1. The lowest BCUT2D eigenvalue weighted by Crippen LogP contribution is -2.48. The first-order valence-corrected chi connectivity index (χ1v) is 7.46. The maximum Gasteiger partial charge on any atom is 0.344 e. The number of ether oxygens (including phenoxy) is 2. The standard InChI is InChI=1S/C16H21N3O4/c1-4-23-14-10-13(15(20)22-3)11(2)18-19(14)16(21)17-12-8-6-5-7-9-12/h5-9,13-14H,4,10H2,1-3H3,(H,17,21)/t13-,14-/m1/s1. The maximum atomic E-state index is 12.5. The molecule has 23 heavy (non-hydrogen) atoms. The fourth-order valence-electron chi connectivity index (χ4n) is 2.39. The third-order valence-electron chi connectivity index (χ3n) is 3.56. The van der Waals surface area contributed by atoms with Gasteiger partial charge in [-0.25, -0.2) is 4.79 Å². The predicted octanol–water partition coefficient (Wildman–Crippen LogP) is 2.45. The maximum absolute atomic E-state index is 12.5. The zero-order valence-electron chi connectivity index (χ0n) is 13.5. The van der Waals surface area contributed by atoms with Gasteiger partial charge in [0.05, 0.1) is 12.8 Å². The molecule has 0 aliphatic carbocycles. The molecule has 1 aliphatic heterocycles. The van der Waals surface area contributed by atoms with Crippen molar-refractivity contribution in [2.75, 3.05) is 19.0 Å². The summed E-state index contributed by atoms with van der Waals surface area (Å²) in [6.07, 6.45) is -0.297. The average Bonchev–Trinajstić information content (AvgIpc) is 2.56. The Labute approximate surface area is 135 Å². The highest BCUT2D eigenvalue weighted by molar-refractivity contribution is 6.02. The predicted molar refractivity (Wildman–Crippen MR) is 85.9 cm³/mol. The Morgan fingerprint density at radius 1 is 1.35 bits per heavy atom. The van der Waals surface area contributed by atoms with Crippen molar-refractivity contribution in [3.05, 3.63) is 30.3 Å². The Hall–Kier alpha value is -2.41. The van der Waals surface area contributed by atoms with E-state index in [0.717, 1.165) is 0 Å². The number of nitrogens with one attached hydrogen (secondary N) is 1. The quantitative estimate of drug-likeness (QED) is 0.864. The van der Waals surface area contributed by atoms with Crippen LogP contribution in [0.5, 0.6) is 0 Å². The number of carbonyl (C=O) groups is 2. The van der Waals surface area contributed by atoms with Gasteiger partial charge in [-0.2, -0.15) is 10.1 Å². The van der Waals surface area contributed by atoms with Crippen molar-refractivity contribution in [1.82, 2.24) is 5.01 Å². The Morgan fingerprint density at radius 3 is 2.65 bits per heavy atom. The van der Waals surface area contributed by atoms with E-state index in [1.165, 1.54) is 12.1 Å². The molecule has 1 aliphatic rings. The van der Waals surface area contributed by atoms with Gasteiger partial charge in [-0.15, -0.1) is 0 Å². The van der Waals surface area contributed by atoms with Gasteiger partial charge in [-0.1, -0.05) is 18.2 Å². The second-order valence-corrected chi connectivity index (χ2v) is 5.10. The van der Waals surface area contributed by atoms with E-state index in [0.29, 0.717) is 24.4 Å². The zero-order chi connectivity index (χ0) is 16.8. The smallest absolute Gasteiger partial charge is 0.344 e. The summed E-state index contributed by atoms with van der Waals surface area (Å²) in [6.45, 7) is 3.93. The topological polar surface area (TPSA) is 80.2 Å². The lowest BCUT2D eigenvalue weighted by Gasteiger charge is -2.34. The fraction of sp³-hybridized carbons (Fsp3) is 0.438. The van der Waals surface area contributed by atoms with Crippen molar-refractivity contribution in [2.45, 2.75) is 26.5 Å². The van der Waals surface area contributed by atoms with Gasteiger partial charge in [0, 0.05) is 18.7 Å². The van der Waals surface area contributed by atoms with Crippen molar-refractivity contribution in [3.8, 4) is 0 Å². The Kier molecular flexibility index (Phi) is 5.70. The van der Waals surface area contributed by atoms with Gasteiger partial charge in [0.1, 0.15) is 5.92 Å². The Balaban J connectivity index is 2.19. The average molecular weight is 319 g/mol. The molecule has 1 aromatic carbocycles. The number of rotatable bonds is 4. The number of hydrogen-bond acceptors (Lipinski definition) is 5. The van der Waals surface area contributed by atoms with E-state index in [-0.39, 0.29) is 5.97 Å². The minimum absolute atomic E-state index is 0.318. The number of methoxy groups -OCH3 is 1. The molecule has 124 valence electrons. The molecule has 0 radical (unpaired) electrons. The number of para-hydroxylation sites is 1. The SMILES string of the molecule is CCO[C@@H]1C[C@@H](C(=O)OC)C(C)=NN1C(=O)Nc1ccccc1. The van der Waals surface area contributed by atoms with E-state index in [1.54, 1.807) is 19.1 Å². The third kappa shape index (κ3) is 4.07. The lowest BCUT2D eigenvalue weighted by molar-refractivity contribution is -0.146. The molecular weight excluding hydrogens is 298 g/mol. The molecule has 2 atom stereocenters. The summed E-state index contributed by atoms with van der Waals surface area (Å²) in [7, 11) is 1.33. The largest absolute Gasteiger partial charge is 0.469 e. The molecule has 1 heterocycles. The van der Waals surface area contributed by atoms with Crippen molar-refractivity contribution >= 4 is 23.4 Å². The molecule has 2 rings (SSSR count). The van der Waals surface area contributed by atoms with E-state index >= 15 is 0 Å². The van der Waals surface area contributed by atoms with E-state index in [4.69, 9.17) is 9.47 Å². The van der Waals surface area contributed by atoms with E-state index in [2.05, 4.69) is 10.4 Å². The molecule has 0 fully saturated rings. The summed E-state index contributed by atoms with van der Waals surface area (Å²) < 4.78 is 10.4. The van der Waals surface area contributed by atoms with Crippen molar-refractivity contribution in [2.24, 2.45) is 11.0 Å². The van der Waals surface area contributed by atoms with Gasteiger partial charge >= 0.3 is 12.0 Å². The van der Waals surface area contributed by atoms with Gasteiger partial charge in [-0.3, -0.25) is 4.79 Å². The number of nitrogens with zero attached hydrogens (tertiary/aromatic N) is 2. The van der Waals surface area contributed by atoms with Crippen molar-refractivity contribution < 1.29 is 19.1 Å². The molecule has 2 amide bonds. The molecule has 0 unspecified atom stereocenters. The number of amides is 2. The zero-order valence-corrected chi connectivity index (χ0v) is 13.5. The number of anilines is 1. The first-order chi connectivity index (χ1) is 11.1. The van der Waals surface area contributed by atoms with Gasteiger partial charge in [0.15, 0.2) is 6.23 Å². The number of carbonyl (C=O) groups excluding carboxylic acids is 2. The van der Waals surface area contributed by atoms with Crippen LogP contribution in [0.25, 0.3) is 0 Å². The number of hydrazone groups is 1. The molecule has 0 spiro atoms.